The zero-order valence-electron chi connectivity index (χ0n) is 11.7. The van der Waals surface area contributed by atoms with Crippen molar-refractivity contribution in [3.8, 4) is 0 Å². The molecule has 3 heterocycles. The molecule has 3 rings (SSSR count). The van der Waals surface area contributed by atoms with Crippen LogP contribution in [0.25, 0.3) is 5.65 Å². The lowest BCUT2D eigenvalue weighted by atomic mass is 10.2. The number of hydrogen-bond donors (Lipinski definition) is 1. The number of amides is 1. The summed E-state index contributed by atoms with van der Waals surface area (Å²) in [6.07, 6.45) is 3.78. The molecule has 1 saturated heterocycles. The number of ether oxygens (including phenoxy) is 1. The molecule has 0 saturated carbocycles. The molecule has 1 fully saturated rings. The Morgan fingerprint density at radius 2 is 2.40 bits per heavy atom. The van der Waals surface area contributed by atoms with E-state index in [9.17, 15) is 4.79 Å². The van der Waals surface area contributed by atoms with Gasteiger partial charge in [-0.25, -0.2) is 9.50 Å². The molecule has 0 unspecified atom stereocenters. The Labute approximate surface area is 117 Å². The van der Waals surface area contributed by atoms with Crippen molar-refractivity contribution in [3.63, 3.8) is 0 Å². The molecule has 106 valence electrons. The molecule has 6 nitrogen and oxygen atoms in total. The lowest BCUT2D eigenvalue weighted by Crippen LogP contribution is -2.31. The van der Waals surface area contributed by atoms with Crippen molar-refractivity contribution in [1.82, 2.24) is 19.9 Å². The highest BCUT2D eigenvalue weighted by atomic mass is 16.5. The summed E-state index contributed by atoms with van der Waals surface area (Å²) in [6.45, 7) is 5.19. The van der Waals surface area contributed by atoms with Crippen LogP contribution in [-0.2, 0) is 4.74 Å². The number of nitrogens with zero attached hydrogens (tertiary/aromatic N) is 3. The van der Waals surface area contributed by atoms with Crippen molar-refractivity contribution in [1.29, 1.82) is 0 Å². The van der Waals surface area contributed by atoms with Crippen LogP contribution in [0.2, 0.25) is 0 Å². The number of aryl methyl sites for hydroxylation is 2. The second-order valence-corrected chi connectivity index (χ2v) is 5.18. The molecule has 1 amide bonds. The van der Waals surface area contributed by atoms with Gasteiger partial charge in [0.1, 0.15) is 5.56 Å². The summed E-state index contributed by atoms with van der Waals surface area (Å²) < 4.78 is 7.18. The number of hydrogen-bond acceptors (Lipinski definition) is 4. The Hall–Kier alpha value is -1.95. The Balaban J connectivity index is 1.80. The summed E-state index contributed by atoms with van der Waals surface area (Å²) in [5.74, 6) is -0.145. The molecule has 0 spiro atoms. The number of carbonyl (C=O) groups is 1. The van der Waals surface area contributed by atoms with E-state index < -0.39 is 0 Å². The minimum Gasteiger partial charge on any atom is -0.376 e. The summed E-state index contributed by atoms with van der Waals surface area (Å²) in [7, 11) is 0. The molecule has 1 atom stereocenters. The molecule has 1 N–H and O–H groups in total. The Kier molecular flexibility index (Phi) is 3.40. The van der Waals surface area contributed by atoms with Crippen LogP contribution in [0.3, 0.4) is 0 Å². The number of aromatic nitrogens is 3. The summed E-state index contributed by atoms with van der Waals surface area (Å²) in [5, 5.41) is 7.12. The Morgan fingerprint density at radius 3 is 3.15 bits per heavy atom. The van der Waals surface area contributed by atoms with Gasteiger partial charge in [0.2, 0.25) is 0 Å². The fraction of sp³-hybridized carbons (Fsp3) is 0.500. The molecule has 0 aliphatic carbocycles. The van der Waals surface area contributed by atoms with Gasteiger partial charge in [-0.3, -0.25) is 4.79 Å². The molecule has 2 aromatic rings. The van der Waals surface area contributed by atoms with E-state index in [1.54, 1.807) is 10.7 Å². The smallest absolute Gasteiger partial charge is 0.256 e. The van der Waals surface area contributed by atoms with Crippen molar-refractivity contribution in [2.45, 2.75) is 32.8 Å². The quantitative estimate of drug-likeness (QED) is 0.914. The van der Waals surface area contributed by atoms with Crippen molar-refractivity contribution in [2.24, 2.45) is 0 Å². The monoisotopic (exact) mass is 274 g/mol. The number of fused-ring (bicyclic) bond motifs is 1. The molecule has 2 aromatic heterocycles. The summed E-state index contributed by atoms with van der Waals surface area (Å²) >= 11 is 0. The molecule has 1 aliphatic rings. The van der Waals surface area contributed by atoms with Crippen LogP contribution < -0.4 is 5.32 Å². The topological polar surface area (TPSA) is 68.5 Å². The van der Waals surface area contributed by atoms with Gasteiger partial charge in [0.25, 0.3) is 5.91 Å². The van der Waals surface area contributed by atoms with Crippen LogP contribution in [0.1, 0.15) is 34.6 Å². The molecule has 1 aliphatic heterocycles. The van der Waals surface area contributed by atoms with E-state index in [1.807, 2.05) is 19.9 Å². The number of rotatable bonds is 3. The number of nitrogens with one attached hydrogen (secondary N) is 1. The first-order valence-corrected chi connectivity index (χ1v) is 6.87. The summed E-state index contributed by atoms with van der Waals surface area (Å²) in [4.78, 5) is 16.6. The van der Waals surface area contributed by atoms with Crippen LogP contribution in [0.4, 0.5) is 0 Å². The third kappa shape index (κ3) is 2.38. The maximum Gasteiger partial charge on any atom is 0.256 e. The minimum atomic E-state index is -0.145. The molecular formula is C14H18N4O2. The van der Waals surface area contributed by atoms with Crippen molar-refractivity contribution in [2.75, 3.05) is 13.2 Å². The first-order chi connectivity index (χ1) is 9.65. The van der Waals surface area contributed by atoms with Gasteiger partial charge in [-0.2, -0.15) is 5.10 Å². The van der Waals surface area contributed by atoms with Crippen molar-refractivity contribution in [3.05, 3.63) is 29.2 Å². The predicted octanol–water partition coefficient (Wildman–Crippen LogP) is 1.25. The lowest BCUT2D eigenvalue weighted by Gasteiger charge is -2.10. The SMILES string of the molecule is Cc1cc(C)n2ncc(C(=O)NC[C@H]3CCCO3)c2n1. The van der Waals surface area contributed by atoms with Crippen LogP contribution in [0.15, 0.2) is 12.3 Å². The zero-order valence-corrected chi connectivity index (χ0v) is 11.7. The van der Waals surface area contributed by atoms with Crippen LogP contribution in [0, 0.1) is 13.8 Å². The second kappa shape index (κ2) is 5.20. The van der Waals surface area contributed by atoms with Gasteiger partial charge in [-0.1, -0.05) is 0 Å². The molecule has 6 heteroatoms. The standard InChI is InChI=1S/C14H18N4O2/c1-9-6-10(2)18-13(17-9)12(8-16-18)14(19)15-7-11-4-3-5-20-11/h6,8,11H,3-5,7H2,1-2H3,(H,15,19)/t11-/m1/s1. The van der Waals surface area contributed by atoms with E-state index in [2.05, 4.69) is 15.4 Å². The normalized spacial score (nSPS) is 18.6. The maximum atomic E-state index is 12.2. The highest BCUT2D eigenvalue weighted by Crippen LogP contribution is 2.13. The van der Waals surface area contributed by atoms with Crippen molar-refractivity contribution < 1.29 is 9.53 Å². The Morgan fingerprint density at radius 1 is 1.55 bits per heavy atom. The maximum absolute atomic E-state index is 12.2. The van der Waals surface area contributed by atoms with Gasteiger partial charge in [-0.15, -0.1) is 0 Å². The van der Waals surface area contributed by atoms with Gasteiger partial charge in [-0.05, 0) is 32.8 Å². The molecule has 0 aromatic carbocycles. The first-order valence-electron chi connectivity index (χ1n) is 6.87. The zero-order chi connectivity index (χ0) is 14.1. The van der Waals surface area contributed by atoms with Gasteiger partial charge in [0.05, 0.1) is 12.3 Å². The highest BCUT2D eigenvalue weighted by molar-refractivity contribution is 5.99. The van der Waals surface area contributed by atoms with E-state index in [4.69, 9.17) is 4.74 Å². The Bertz CT molecular complexity index is 644. The van der Waals surface area contributed by atoms with Gasteiger partial charge >= 0.3 is 0 Å². The summed E-state index contributed by atoms with van der Waals surface area (Å²) in [5.41, 5.74) is 2.96. The molecule has 20 heavy (non-hydrogen) atoms. The van der Waals surface area contributed by atoms with Gasteiger partial charge in [0.15, 0.2) is 5.65 Å². The summed E-state index contributed by atoms with van der Waals surface area (Å²) in [6, 6.07) is 1.94. The fourth-order valence-corrected chi connectivity index (χ4v) is 2.54. The fourth-order valence-electron chi connectivity index (χ4n) is 2.54. The second-order valence-electron chi connectivity index (χ2n) is 5.18. The average Bonchev–Trinajstić information content (AvgIpc) is 3.04. The average molecular weight is 274 g/mol. The van der Waals surface area contributed by atoms with Crippen LogP contribution in [-0.4, -0.2) is 39.8 Å². The van der Waals surface area contributed by atoms with E-state index in [-0.39, 0.29) is 12.0 Å². The van der Waals surface area contributed by atoms with Crippen molar-refractivity contribution >= 4 is 11.6 Å². The van der Waals surface area contributed by atoms with Crippen LogP contribution >= 0.6 is 0 Å². The van der Waals surface area contributed by atoms with Gasteiger partial charge in [0, 0.05) is 24.5 Å². The lowest BCUT2D eigenvalue weighted by molar-refractivity contribution is 0.0859. The van der Waals surface area contributed by atoms with Crippen LogP contribution in [0.5, 0.6) is 0 Å². The minimum absolute atomic E-state index is 0.136. The molecule has 0 bridgehead atoms. The third-order valence-corrected chi connectivity index (χ3v) is 3.54. The van der Waals surface area contributed by atoms with E-state index >= 15 is 0 Å². The first kappa shape index (κ1) is 13.1. The predicted molar refractivity (Wildman–Crippen MR) is 73.8 cm³/mol. The van der Waals surface area contributed by atoms with E-state index in [1.165, 1.54) is 0 Å². The third-order valence-electron chi connectivity index (χ3n) is 3.54. The molecule has 0 radical (unpaired) electrons. The number of carbonyl (C=O) groups excluding carboxylic acids is 1. The van der Waals surface area contributed by atoms with E-state index in [0.29, 0.717) is 17.8 Å². The van der Waals surface area contributed by atoms with E-state index in [0.717, 1.165) is 30.8 Å². The largest absolute Gasteiger partial charge is 0.376 e. The van der Waals surface area contributed by atoms with Gasteiger partial charge < -0.3 is 10.1 Å². The highest BCUT2D eigenvalue weighted by Gasteiger charge is 2.19. The molecular weight excluding hydrogens is 256 g/mol.